The van der Waals surface area contributed by atoms with Crippen molar-refractivity contribution in [3.8, 4) is 0 Å². The van der Waals surface area contributed by atoms with Gasteiger partial charge in [-0.15, -0.1) is 5.53 Å². The van der Waals surface area contributed by atoms with Gasteiger partial charge in [0.1, 0.15) is 0 Å². The number of nitrogens with two attached hydrogens (primary N) is 1. The van der Waals surface area contributed by atoms with Gasteiger partial charge < -0.3 is 0 Å². The van der Waals surface area contributed by atoms with Gasteiger partial charge in [0.2, 0.25) is 0 Å². The fraction of sp³-hybridized carbons (Fsp3) is 0.800. The zero-order valence-corrected chi connectivity index (χ0v) is 9.01. The first-order chi connectivity index (χ1) is 6.22. The molecule has 0 saturated carbocycles. The maximum atomic E-state index is 3.29. The van der Waals surface area contributed by atoms with Crippen LogP contribution in [0.2, 0.25) is 0 Å². The van der Waals surface area contributed by atoms with E-state index in [-0.39, 0.29) is 0 Å². The molecule has 0 aromatic carbocycles. The van der Waals surface area contributed by atoms with Crippen LogP contribution in [-0.2, 0) is 0 Å². The highest BCUT2D eigenvalue weighted by Crippen LogP contribution is 2.05. The summed E-state index contributed by atoms with van der Waals surface area (Å²) in [5, 5.41) is 2.25. The van der Waals surface area contributed by atoms with E-state index in [4.69, 9.17) is 0 Å². The Balaban J connectivity index is 2.22. The topological polar surface area (TPSA) is 31.9 Å². The minimum Gasteiger partial charge on any atom is -0.218 e. The molecule has 1 heterocycles. The minimum atomic E-state index is 0.789. The third-order valence-corrected chi connectivity index (χ3v) is 2.22. The van der Waals surface area contributed by atoms with E-state index in [2.05, 4.69) is 42.9 Å². The van der Waals surface area contributed by atoms with Crippen LogP contribution in [0.25, 0.3) is 0 Å². The Morgan fingerprint density at radius 3 is 2.92 bits per heavy atom. The fourth-order valence-electron chi connectivity index (χ4n) is 1.38. The molecule has 0 radical (unpaired) electrons. The Hall–Kier alpha value is -0.700. The Kier molecular flexibility index (Phi) is 4.09. The number of nitrogens with one attached hydrogen (secondary N) is 1. The lowest BCUT2D eigenvalue weighted by Crippen LogP contribution is -2.97. The first kappa shape index (κ1) is 10.4. The molecular formula is C10H22N3+. The van der Waals surface area contributed by atoms with Crippen molar-refractivity contribution in [1.82, 2.24) is 10.4 Å². The highest BCUT2D eigenvalue weighted by molar-refractivity contribution is 4.96. The van der Waals surface area contributed by atoms with Crippen LogP contribution in [0.5, 0.6) is 0 Å². The average molecular weight is 184 g/mol. The van der Waals surface area contributed by atoms with Gasteiger partial charge in [0.25, 0.3) is 0 Å². The van der Waals surface area contributed by atoms with Crippen molar-refractivity contribution in [3.05, 3.63) is 11.9 Å². The molecule has 1 aliphatic heterocycles. The second-order valence-electron chi connectivity index (χ2n) is 4.10. The van der Waals surface area contributed by atoms with Crippen LogP contribution in [0.4, 0.5) is 0 Å². The van der Waals surface area contributed by atoms with E-state index < -0.39 is 0 Å². The molecule has 0 fully saturated rings. The smallest absolute Gasteiger partial charge is 0.0860 e. The zero-order valence-electron chi connectivity index (χ0n) is 9.01. The van der Waals surface area contributed by atoms with Gasteiger partial charge in [-0.3, -0.25) is 0 Å². The van der Waals surface area contributed by atoms with Crippen LogP contribution < -0.4 is 11.0 Å². The van der Waals surface area contributed by atoms with Gasteiger partial charge in [-0.05, 0) is 18.8 Å². The van der Waals surface area contributed by atoms with Crippen molar-refractivity contribution < 1.29 is 5.53 Å². The fourth-order valence-corrected chi connectivity index (χ4v) is 1.38. The Morgan fingerprint density at radius 1 is 1.54 bits per heavy atom. The molecule has 76 valence electrons. The van der Waals surface area contributed by atoms with Crippen molar-refractivity contribution in [1.29, 1.82) is 0 Å². The summed E-state index contributed by atoms with van der Waals surface area (Å²) in [6, 6.07) is 0. The summed E-state index contributed by atoms with van der Waals surface area (Å²) < 4.78 is 0. The van der Waals surface area contributed by atoms with Crippen molar-refractivity contribution in [3.63, 3.8) is 0 Å². The summed E-state index contributed by atoms with van der Waals surface area (Å²) in [7, 11) is 0. The zero-order chi connectivity index (χ0) is 9.68. The van der Waals surface area contributed by atoms with E-state index in [1.165, 1.54) is 18.5 Å². The number of hydrogen-bond acceptors (Lipinski definition) is 2. The van der Waals surface area contributed by atoms with Gasteiger partial charge in [-0.25, -0.2) is 10.4 Å². The lowest BCUT2D eigenvalue weighted by molar-refractivity contribution is -0.823. The van der Waals surface area contributed by atoms with Crippen molar-refractivity contribution in [2.75, 3.05) is 6.54 Å². The molecule has 0 saturated heterocycles. The normalized spacial score (nSPS) is 16.3. The summed E-state index contributed by atoms with van der Waals surface area (Å²) in [6.07, 6.45) is 5.86. The number of allylic oxidation sites excluding steroid dienone is 1. The van der Waals surface area contributed by atoms with Crippen LogP contribution >= 0.6 is 0 Å². The van der Waals surface area contributed by atoms with Crippen LogP contribution in [-0.4, -0.2) is 11.6 Å². The molecule has 3 N–H and O–H groups in total. The highest BCUT2D eigenvalue weighted by atomic mass is 15.7. The molecule has 13 heavy (non-hydrogen) atoms. The highest BCUT2D eigenvalue weighted by Gasteiger charge is 2.13. The molecule has 0 amide bonds. The Labute approximate surface area is 81.1 Å². The molecule has 0 aromatic heterocycles. The third kappa shape index (κ3) is 3.68. The van der Waals surface area contributed by atoms with Crippen molar-refractivity contribution in [2.24, 2.45) is 5.92 Å². The quantitative estimate of drug-likeness (QED) is 0.624. The first-order valence-electron chi connectivity index (χ1n) is 5.28. The number of nitrogens with zero attached hydrogens (tertiary/aromatic N) is 1. The second kappa shape index (κ2) is 5.12. The minimum absolute atomic E-state index is 0.789. The molecular weight excluding hydrogens is 162 g/mol. The predicted octanol–water partition coefficient (Wildman–Crippen LogP) is 0.973. The number of rotatable bonds is 5. The van der Waals surface area contributed by atoms with Gasteiger partial charge in [0.15, 0.2) is 0 Å². The largest absolute Gasteiger partial charge is 0.218 e. The monoisotopic (exact) mass is 184 g/mol. The van der Waals surface area contributed by atoms with Gasteiger partial charge in [0.05, 0.1) is 18.4 Å². The molecule has 0 unspecified atom stereocenters. The molecule has 0 aliphatic carbocycles. The number of quaternary nitrogens is 1. The molecule has 1 rings (SSSR count). The molecule has 1 aliphatic rings. The van der Waals surface area contributed by atoms with Crippen molar-refractivity contribution >= 4 is 0 Å². The maximum Gasteiger partial charge on any atom is 0.0860 e. The third-order valence-electron chi connectivity index (χ3n) is 2.22. The Morgan fingerprint density at radius 2 is 2.31 bits per heavy atom. The predicted molar refractivity (Wildman–Crippen MR) is 54.2 cm³/mol. The van der Waals surface area contributed by atoms with Gasteiger partial charge in [0, 0.05) is 0 Å². The molecule has 0 atom stereocenters. The van der Waals surface area contributed by atoms with E-state index in [1.54, 1.807) is 0 Å². The molecule has 0 aromatic rings. The Bertz CT molecular complexity index is 175. The summed E-state index contributed by atoms with van der Waals surface area (Å²) in [4.78, 5) is 0. The van der Waals surface area contributed by atoms with E-state index in [1.807, 2.05) is 0 Å². The molecule has 3 nitrogen and oxygen atoms in total. The van der Waals surface area contributed by atoms with Crippen LogP contribution in [0.15, 0.2) is 11.9 Å². The molecule has 0 spiro atoms. The first-order valence-corrected chi connectivity index (χ1v) is 5.28. The maximum absolute atomic E-state index is 3.29. The van der Waals surface area contributed by atoms with E-state index in [0.29, 0.717) is 0 Å². The average Bonchev–Trinajstić information content (AvgIpc) is 2.50. The van der Waals surface area contributed by atoms with Gasteiger partial charge in [-0.1, -0.05) is 27.2 Å². The van der Waals surface area contributed by atoms with Crippen LogP contribution in [0, 0.1) is 5.92 Å². The summed E-state index contributed by atoms with van der Waals surface area (Å²) in [5.41, 5.74) is 6.72. The van der Waals surface area contributed by atoms with Crippen LogP contribution in [0.3, 0.4) is 0 Å². The standard InChI is InChI=1S/C10H21N3/c1-4-5-10-8-13(12-11-10)7-6-9(2)3/h8-9,11-12H,4-7H2,1-3H3/p+1. The van der Waals surface area contributed by atoms with E-state index >= 15 is 0 Å². The lowest BCUT2D eigenvalue weighted by Gasteiger charge is -2.11. The van der Waals surface area contributed by atoms with Gasteiger partial charge in [-0.2, -0.15) is 0 Å². The SMILES string of the molecule is CCCC1=CN(CCC(C)C)[NH2+]N1. The lowest BCUT2D eigenvalue weighted by atomic mass is 10.1. The number of hydrogen-bond donors (Lipinski definition) is 2. The van der Waals surface area contributed by atoms with E-state index in [0.717, 1.165) is 18.9 Å². The summed E-state index contributed by atoms with van der Waals surface area (Å²) in [6.45, 7) is 7.87. The van der Waals surface area contributed by atoms with Crippen molar-refractivity contribution in [2.45, 2.75) is 40.0 Å². The van der Waals surface area contributed by atoms with Gasteiger partial charge >= 0.3 is 0 Å². The summed E-state index contributed by atoms with van der Waals surface area (Å²) >= 11 is 0. The second-order valence-corrected chi connectivity index (χ2v) is 4.10. The molecule has 3 heteroatoms. The van der Waals surface area contributed by atoms with E-state index in [9.17, 15) is 0 Å². The molecule has 0 bridgehead atoms. The summed E-state index contributed by atoms with van der Waals surface area (Å²) in [5.74, 6) is 0.789. The van der Waals surface area contributed by atoms with Crippen LogP contribution in [0.1, 0.15) is 40.0 Å².